The van der Waals surface area contributed by atoms with Crippen LogP contribution in [0.15, 0.2) is 47.0 Å². The lowest BCUT2D eigenvalue weighted by Crippen LogP contribution is -1.98. The minimum Gasteiger partial charge on any atom is -0.481 e. The van der Waals surface area contributed by atoms with Crippen LogP contribution in [-0.2, 0) is 11.2 Å². The molecule has 0 atom stereocenters. The predicted octanol–water partition coefficient (Wildman–Crippen LogP) is 5.87. The average molecular weight is 415 g/mol. The first-order chi connectivity index (χ1) is 15.1. The summed E-state index contributed by atoms with van der Waals surface area (Å²) in [6, 6.07) is 14.3. The first-order valence-corrected chi connectivity index (χ1v) is 10.9. The van der Waals surface area contributed by atoms with Gasteiger partial charge in [0.25, 0.3) is 5.89 Å². The summed E-state index contributed by atoms with van der Waals surface area (Å²) in [6.07, 6.45) is 5.79. The van der Waals surface area contributed by atoms with Gasteiger partial charge in [-0.3, -0.25) is 4.79 Å². The van der Waals surface area contributed by atoms with Crippen molar-refractivity contribution in [3.63, 3.8) is 0 Å². The minimum atomic E-state index is -0.792. The zero-order chi connectivity index (χ0) is 21.4. The molecule has 2 aromatic carbocycles. The summed E-state index contributed by atoms with van der Waals surface area (Å²) in [4.78, 5) is 19.0. The van der Waals surface area contributed by atoms with E-state index in [0.29, 0.717) is 24.1 Å². The monoisotopic (exact) mass is 415 g/mol. The van der Waals surface area contributed by atoms with Crippen LogP contribution in [0.5, 0.6) is 0 Å². The number of rotatable bonds is 6. The molecule has 0 saturated heterocycles. The number of fused-ring (bicyclic) bond motifs is 1. The second-order valence-electron chi connectivity index (χ2n) is 8.47. The highest BCUT2D eigenvalue weighted by molar-refractivity contribution is 5.85. The number of aryl methyl sites for hydroxylation is 2. The molecular weight excluding hydrogens is 390 g/mol. The maximum absolute atomic E-state index is 10.8. The van der Waals surface area contributed by atoms with Crippen molar-refractivity contribution in [2.45, 2.75) is 51.4 Å². The fourth-order valence-corrected chi connectivity index (χ4v) is 4.58. The Morgan fingerprint density at radius 1 is 1.16 bits per heavy atom. The lowest BCUT2D eigenvalue weighted by Gasteiger charge is -2.04. The molecule has 0 unspecified atom stereocenters. The van der Waals surface area contributed by atoms with Gasteiger partial charge in [0.15, 0.2) is 0 Å². The largest absolute Gasteiger partial charge is 0.481 e. The molecular formula is C25H25N3O3. The molecule has 6 nitrogen and oxygen atoms in total. The number of H-pyrrole nitrogens is 1. The molecule has 2 aromatic heterocycles. The Morgan fingerprint density at radius 2 is 2.00 bits per heavy atom. The molecule has 2 heterocycles. The third-order valence-corrected chi connectivity index (χ3v) is 6.27. The standard InChI is InChI=1S/C25H25N3O3/c1-15-12-16(7-11-23(29)30)6-9-20(15)24-27-25(31-28-24)18-8-10-21-19(13-18)14-22(26-21)17-4-2-3-5-17/h6,8-10,12-14,17,26H,2-5,7,11H2,1H3,(H,29,30). The van der Waals surface area contributed by atoms with Crippen LogP contribution in [0.2, 0.25) is 0 Å². The third kappa shape index (κ3) is 3.98. The van der Waals surface area contributed by atoms with E-state index in [2.05, 4.69) is 33.3 Å². The van der Waals surface area contributed by atoms with Crippen LogP contribution >= 0.6 is 0 Å². The number of carboxylic acid groups (broad SMARTS) is 1. The van der Waals surface area contributed by atoms with E-state index in [-0.39, 0.29) is 6.42 Å². The zero-order valence-electron chi connectivity index (χ0n) is 17.5. The first-order valence-electron chi connectivity index (χ1n) is 10.9. The van der Waals surface area contributed by atoms with Gasteiger partial charge in [0, 0.05) is 34.1 Å². The molecule has 31 heavy (non-hydrogen) atoms. The number of carbonyl (C=O) groups is 1. The van der Waals surface area contributed by atoms with Crippen molar-refractivity contribution in [1.29, 1.82) is 0 Å². The number of aliphatic carboxylic acids is 1. The minimum absolute atomic E-state index is 0.120. The summed E-state index contributed by atoms with van der Waals surface area (Å²) >= 11 is 0. The molecule has 2 N–H and O–H groups in total. The number of aromatic amines is 1. The molecule has 1 aliphatic carbocycles. The van der Waals surface area contributed by atoms with Crippen molar-refractivity contribution in [3.05, 3.63) is 59.3 Å². The molecule has 5 rings (SSSR count). The van der Waals surface area contributed by atoms with E-state index < -0.39 is 5.97 Å². The highest BCUT2D eigenvalue weighted by Gasteiger charge is 2.19. The average Bonchev–Trinajstić information content (AvgIpc) is 3.51. The van der Waals surface area contributed by atoms with E-state index >= 15 is 0 Å². The van der Waals surface area contributed by atoms with Gasteiger partial charge in [-0.05, 0) is 67.5 Å². The number of carboxylic acids is 1. The van der Waals surface area contributed by atoms with Gasteiger partial charge < -0.3 is 14.6 Å². The van der Waals surface area contributed by atoms with E-state index in [1.807, 2.05) is 31.2 Å². The maximum Gasteiger partial charge on any atom is 0.303 e. The van der Waals surface area contributed by atoms with Gasteiger partial charge in [0.1, 0.15) is 0 Å². The van der Waals surface area contributed by atoms with Crippen LogP contribution < -0.4 is 0 Å². The number of hydrogen-bond acceptors (Lipinski definition) is 4. The van der Waals surface area contributed by atoms with E-state index in [0.717, 1.165) is 33.2 Å². The molecule has 0 bridgehead atoms. The Hall–Kier alpha value is -3.41. The van der Waals surface area contributed by atoms with Gasteiger partial charge in [-0.25, -0.2) is 0 Å². The summed E-state index contributed by atoms with van der Waals surface area (Å²) in [5.41, 5.74) is 6.24. The van der Waals surface area contributed by atoms with Gasteiger partial charge >= 0.3 is 5.97 Å². The quantitative estimate of drug-likeness (QED) is 0.411. The van der Waals surface area contributed by atoms with Crippen molar-refractivity contribution >= 4 is 16.9 Å². The number of nitrogens with one attached hydrogen (secondary N) is 1. The van der Waals surface area contributed by atoms with Crippen LogP contribution in [0, 0.1) is 6.92 Å². The summed E-state index contributed by atoms with van der Waals surface area (Å²) in [5.74, 6) is 0.888. The molecule has 6 heteroatoms. The fraction of sp³-hybridized carbons (Fsp3) is 0.320. The fourth-order valence-electron chi connectivity index (χ4n) is 4.58. The Labute approximate surface area is 180 Å². The Morgan fingerprint density at radius 3 is 2.77 bits per heavy atom. The van der Waals surface area contributed by atoms with Crippen molar-refractivity contribution in [2.24, 2.45) is 0 Å². The second-order valence-corrected chi connectivity index (χ2v) is 8.47. The highest BCUT2D eigenvalue weighted by atomic mass is 16.5. The first kappa shape index (κ1) is 19.5. The van der Waals surface area contributed by atoms with Gasteiger partial charge in [-0.15, -0.1) is 0 Å². The Balaban J connectivity index is 1.40. The van der Waals surface area contributed by atoms with Crippen molar-refractivity contribution in [1.82, 2.24) is 15.1 Å². The summed E-state index contributed by atoms with van der Waals surface area (Å²) in [6.45, 7) is 1.98. The van der Waals surface area contributed by atoms with Crippen LogP contribution in [0.4, 0.5) is 0 Å². The molecule has 0 amide bonds. The van der Waals surface area contributed by atoms with Crippen LogP contribution in [-0.4, -0.2) is 26.2 Å². The second kappa shape index (κ2) is 8.02. The lowest BCUT2D eigenvalue weighted by atomic mass is 10.0. The lowest BCUT2D eigenvalue weighted by molar-refractivity contribution is -0.136. The highest BCUT2D eigenvalue weighted by Crippen LogP contribution is 2.36. The normalized spacial score (nSPS) is 14.5. The predicted molar refractivity (Wildman–Crippen MR) is 119 cm³/mol. The van der Waals surface area contributed by atoms with Gasteiger partial charge in [-0.2, -0.15) is 4.98 Å². The van der Waals surface area contributed by atoms with E-state index in [1.54, 1.807) is 0 Å². The molecule has 0 radical (unpaired) electrons. The zero-order valence-corrected chi connectivity index (χ0v) is 17.5. The summed E-state index contributed by atoms with van der Waals surface area (Å²) < 4.78 is 5.58. The topological polar surface area (TPSA) is 92.0 Å². The van der Waals surface area contributed by atoms with Crippen molar-refractivity contribution in [2.75, 3.05) is 0 Å². The summed E-state index contributed by atoms with van der Waals surface area (Å²) in [7, 11) is 0. The SMILES string of the molecule is Cc1cc(CCC(=O)O)ccc1-c1noc(-c2ccc3[nH]c(C4CCCC4)cc3c2)n1. The molecule has 158 valence electrons. The molecule has 0 spiro atoms. The van der Waals surface area contributed by atoms with Gasteiger partial charge in [-0.1, -0.05) is 36.2 Å². The number of nitrogens with zero attached hydrogens (tertiary/aromatic N) is 2. The molecule has 1 saturated carbocycles. The Bertz CT molecular complexity index is 1250. The number of hydrogen-bond donors (Lipinski definition) is 2. The van der Waals surface area contributed by atoms with Crippen molar-refractivity contribution < 1.29 is 14.4 Å². The molecule has 0 aliphatic heterocycles. The molecule has 1 fully saturated rings. The van der Waals surface area contributed by atoms with Crippen LogP contribution in [0.1, 0.15) is 54.8 Å². The van der Waals surface area contributed by atoms with Crippen LogP contribution in [0.3, 0.4) is 0 Å². The maximum atomic E-state index is 10.8. The summed E-state index contributed by atoms with van der Waals surface area (Å²) in [5, 5.41) is 14.2. The smallest absolute Gasteiger partial charge is 0.303 e. The van der Waals surface area contributed by atoms with E-state index in [1.165, 1.54) is 31.4 Å². The Kier molecular flexibility index (Phi) is 5.06. The number of benzene rings is 2. The molecule has 4 aromatic rings. The van der Waals surface area contributed by atoms with Gasteiger partial charge in [0.2, 0.25) is 5.82 Å². The van der Waals surface area contributed by atoms with Crippen LogP contribution in [0.25, 0.3) is 33.7 Å². The third-order valence-electron chi connectivity index (χ3n) is 6.27. The molecule has 1 aliphatic rings. The number of aromatic nitrogens is 3. The van der Waals surface area contributed by atoms with E-state index in [9.17, 15) is 4.79 Å². The van der Waals surface area contributed by atoms with Crippen molar-refractivity contribution in [3.8, 4) is 22.8 Å². The van der Waals surface area contributed by atoms with E-state index in [4.69, 9.17) is 9.63 Å². The van der Waals surface area contributed by atoms with Gasteiger partial charge in [0.05, 0.1) is 0 Å².